The highest BCUT2D eigenvalue weighted by atomic mass is 32.2. The first kappa shape index (κ1) is 18.8. The van der Waals surface area contributed by atoms with Crippen molar-refractivity contribution >= 4 is 29.3 Å². The number of thioether (sulfide) groups is 2. The number of fused-ring (bicyclic) bond motifs is 4. The van der Waals surface area contributed by atoms with Gasteiger partial charge in [-0.25, -0.2) is 0 Å². The van der Waals surface area contributed by atoms with Crippen LogP contribution in [0.2, 0.25) is 0 Å². The van der Waals surface area contributed by atoms with E-state index in [0.717, 1.165) is 23.5 Å². The van der Waals surface area contributed by atoms with Crippen LogP contribution in [0, 0.1) is 0 Å². The molecule has 0 amide bonds. The van der Waals surface area contributed by atoms with Gasteiger partial charge in [0.1, 0.15) is 4.08 Å². The number of benzene rings is 1. The van der Waals surface area contributed by atoms with E-state index in [-0.39, 0.29) is 11.9 Å². The van der Waals surface area contributed by atoms with Crippen molar-refractivity contribution in [2.75, 3.05) is 25.7 Å². The third-order valence-corrected chi connectivity index (χ3v) is 8.12. The molecule has 4 rings (SSSR count). The normalized spacial score (nSPS) is 25.5. The van der Waals surface area contributed by atoms with E-state index >= 15 is 0 Å². The van der Waals surface area contributed by atoms with Crippen molar-refractivity contribution < 1.29 is 28.8 Å². The van der Waals surface area contributed by atoms with Gasteiger partial charge >= 0.3 is 5.79 Å². The average molecular weight is 411 g/mol. The predicted molar refractivity (Wildman–Crippen MR) is 105 cm³/mol. The number of hydrogen-bond donors (Lipinski definition) is 1. The van der Waals surface area contributed by atoms with Gasteiger partial charge in [-0.3, -0.25) is 4.79 Å². The Morgan fingerprint density at radius 3 is 2.48 bits per heavy atom. The molecule has 2 heterocycles. The fourth-order valence-corrected chi connectivity index (χ4v) is 7.22. The predicted octanol–water partition coefficient (Wildman–Crippen LogP) is 3.07. The minimum Gasteiger partial charge on any atom is -0.493 e. The Hall–Kier alpha value is -1.51. The fourth-order valence-electron chi connectivity index (χ4n) is 3.66. The van der Waals surface area contributed by atoms with Crippen LogP contribution in [-0.4, -0.2) is 48.5 Å². The molecule has 146 valence electrons. The zero-order valence-corrected chi connectivity index (χ0v) is 17.3. The Morgan fingerprint density at radius 2 is 1.89 bits per heavy atom. The first-order chi connectivity index (χ1) is 12.9. The number of ketones is 1. The summed E-state index contributed by atoms with van der Waals surface area (Å²) in [6.07, 6.45) is 0.879. The second kappa shape index (κ2) is 6.53. The van der Waals surface area contributed by atoms with Crippen LogP contribution in [0.25, 0.3) is 0 Å². The molecule has 0 aromatic heterocycles. The third kappa shape index (κ3) is 2.49. The molecule has 1 aliphatic carbocycles. The van der Waals surface area contributed by atoms with Crippen molar-refractivity contribution in [3.8, 4) is 17.2 Å². The number of carbonyl (C=O) groups is 1. The lowest BCUT2D eigenvalue weighted by atomic mass is 9.78. The molecule has 0 saturated carbocycles. The Bertz CT molecular complexity index is 828. The summed E-state index contributed by atoms with van der Waals surface area (Å²) in [5, 5.41) is 11.2. The molecule has 3 aliphatic rings. The van der Waals surface area contributed by atoms with Gasteiger partial charge in [0.2, 0.25) is 5.75 Å². The van der Waals surface area contributed by atoms with Gasteiger partial charge in [-0.05, 0) is 43.9 Å². The zero-order valence-electron chi connectivity index (χ0n) is 15.7. The molecule has 1 N–H and O–H groups in total. The second-order valence-corrected chi connectivity index (χ2v) is 9.67. The van der Waals surface area contributed by atoms with E-state index in [9.17, 15) is 9.90 Å². The highest BCUT2D eigenvalue weighted by Gasteiger charge is 2.69. The number of rotatable bonds is 4. The maximum absolute atomic E-state index is 12.8. The molecule has 2 aliphatic heterocycles. The van der Waals surface area contributed by atoms with Crippen molar-refractivity contribution in [1.29, 1.82) is 0 Å². The van der Waals surface area contributed by atoms with E-state index in [0.29, 0.717) is 22.8 Å². The van der Waals surface area contributed by atoms with Gasteiger partial charge in [0.05, 0.1) is 25.9 Å². The Kier molecular flexibility index (Phi) is 4.56. The highest BCUT2D eigenvalue weighted by Crippen LogP contribution is 2.68. The first-order valence-corrected chi connectivity index (χ1v) is 10.8. The van der Waals surface area contributed by atoms with Crippen molar-refractivity contribution in [2.24, 2.45) is 0 Å². The molecule has 0 unspecified atom stereocenters. The second-order valence-electron chi connectivity index (χ2n) is 6.79. The number of ether oxygens (including phenoxy) is 4. The maximum atomic E-state index is 12.8. The van der Waals surface area contributed by atoms with Crippen molar-refractivity contribution in [3.05, 3.63) is 29.0 Å². The van der Waals surface area contributed by atoms with Crippen LogP contribution in [0.3, 0.4) is 0 Å². The highest BCUT2D eigenvalue weighted by molar-refractivity contribution is 8.18. The molecule has 1 aromatic rings. The summed E-state index contributed by atoms with van der Waals surface area (Å²) in [5.74, 6) is 0.657. The van der Waals surface area contributed by atoms with Crippen LogP contribution in [0.4, 0.5) is 0 Å². The molecule has 1 fully saturated rings. The van der Waals surface area contributed by atoms with E-state index in [4.69, 9.17) is 18.9 Å². The summed E-state index contributed by atoms with van der Waals surface area (Å²) in [6.45, 7) is 3.72. The van der Waals surface area contributed by atoms with Crippen LogP contribution in [0.5, 0.6) is 17.2 Å². The van der Waals surface area contributed by atoms with E-state index in [2.05, 4.69) is 0 Å². The minimum atomic E-state index is -2.03. The number of carbonyl (C=O) groups excluding carboxylic acids is 1. The van der Waals surface area contributed by atoms with E-state index in [1.807, 2.05) is 26.0 Å². The smallest absolute Gasteiger partial charge is 0.305 e. The van der Waals surface area contributed by atoms with Crippen LogP contribution in [0.15, 0.2) is 23.5 Å². The van der Waals surface area contributed by atoms with Gasteiger partial charge in [-0.2, -0.15) is 0 Å². The average Bonchev–Trinajstić information content (AvgIpc) is 2.66. The quantitative estimate of drug-likeness (QED) is 0.812. The van der Waals surface area contributed by atoms with Gasteiger partial charge in [0.25, 0.3) is 5.78 Å². The van der Waals surface area contributed by atoms with E-state index in [1.54, 1.807) is 23.5 Å². The molecule has 0 bridgehead atoms. The molecule has 1 spiro atoms. The molecule has 8 heteroatoms. The Morgan fingerprint density at radius 1 is 1.19 bits per heavy atom. The topological polar surface area (TPSA) is 74.2 Å². The van der Waals surface area contributed by atoms with Gasteiger partial charge < -0.3 is 24.1 Å². The maximum Gasteiger partial charge on any atom is 0.305 e. The summed E-state index contributed by atoms with van der Waals surface area (Å²) in [7, 11) is 3.05. The Balaban J connectivity index is 1.98. The third-order valence-electron chi connectivity index (χ3n) is 4.77. The summed E-state index contributed by atoms with van der Waals surface area (Å²) in [6, 6.07) is 3.75. The van der Waals surface area contributed by atoms with Gasteiger partial charge in [0, 0.05) is 5.56 Å². The summed E-state index contributed by atoms with van der Waals surface area (Å²) in [4.78, 5) is 12.8. The molecular weight excluding hydrogens is 388 g/mol. The lowest BCUT2D eigenvalue weighted by molar-refractivity contribution is -0.176. The largest absolute Gasteiger partial charge is 0.493 e. The molecular formula is C19H22O6S2. The van der Waals surface area contributed by atoms with Crippen LogP contribution in [-0.2, 0) is 13.6 Å². The number of Topliss-reactive ketones (excluding diaryl/α,β-unsaturated/α-hetero) is 1. The van der Waals surface area contributed by atoms with Crippen molar-refractivity contribution in [2.45, 2.75) is 36.2 Å². The van der Waals surface area contributed by atoms with Crippen LogP contribution in [0.1, 0.15) is 25.8 Å². The molecule has 0 radical (unpaired) electrons. The summed E-state index contributed by atoms with van der Waals surface area (Å²) in [5.41, 5.74) is 1.36. The van der Waals surface area contributed by atoms with Gasteiger partial charge in [-0.1, -0.05) is 0 Å². The van der Waals surface area contributed by atoms with E-state index in [1.165, 1.54) is 14.2 Å². The minimum absolute atomic E-state index is 0.177. The van der Waals surface area contributed by atoms with Crippen molar-refractivity contribution in [3.63, 3.8) is 0 Å². The lowest BCUT2D eigenvalue weighted by Crippen LogP contribution is -2.63. The number of methoxy groups -OCH3 is 2. The number of hydrogen-bond acceptors (Lipinski definition) is 8. The molecule has 1 atom stereocenters. The van der Waals surface area contributed by atoms with Gasteiger partial charge in [-0.15, -0.1) is 23.5 Å². The number of aliphatic hydroxyl groups is 1. The first-order valence-electron chi connectivity index (χ1n) is 8.80. The molecule has 27 heavy (non-hydrogen) atoms. The molecule has 1 aromatic carbocycles. The van der Waals surface area contributed by atoms with E-state index < -0.39 is 15.6 Å². The zero-order chi connectivity index (χ0) is 19.4. The van der Waals surface area contributed by atoms with Crippen LogP contribution >= 0.6 is 23.5 Å². The fraction of sp³-hybridized carbons (Fsp3) is 0.526. The van der Waals surface area contributed by atoms with Crippen LogP contribution < -0.4 is 14.2 Å². The monoisotopic (exact) mass is 410 g/mol. The summed E-state index contributed by atoms with van der Waals surface area (Å²) >= 11 is 3.39. The van der Waals surface area contributed by atoms with Gasteiger partial charge in [0.15, 0.2) is 17.3 Å². The molecule has 1 saturated heterocycles. The molecule has 6 nitrogen and oxygen atoms in total. The Labute approximate surface area is 166 Å². The van der Waals surface area contributed by atoms with Crippen molar-refractivity contribution in [1.82, 2.24) is 0 Å². The summed E-state index contributed by atoms with van der Waals surface area (Å²) < 4.78 is 21.9. The standard InChI is InChI=1S/C19H22O6S2/c1-10(2)24-15-16-18(21,17(15)20)25-13-11(19(16)26-8-5-9-27-19)6-7-12(22-3)14(13)23-4/h6-7,10,21H,5,8-9H2,1-4H3/t18-/m0/s1. The lowest BCUT2D eigenvalue weighted by Gasteiger charge is -2.52. The SMILES string of the molecule is COc1ccc2c(c1OC)O[C@]1(O)C(=O)C(OC(C)C)=C1C21SCCCS1.